The van der Waals surface area contributed by atoms with Crippen LogP contribution in [0, 0.1) is 0 Å². The van der Waals surface area contributed by atoms with Gasteiger partial charge in [-0.3, -0.25) is 14.7 Å². The fourth-order valence-electron chi connectivity index (χ4n) is 1.70. The van der Waals surface area contributed by atoms with Crippen molar-refractivity contribution in [3.05, 3.63) is 17.5 Å². The van der Waals surface area contributed by atoms with E-state index in [1.165, 1.54) is 4.90 Å². The molecule has 0 atom stereocenters. The highest BCUT2D eigenvalue weighted by molar-refractivity contribution is 5.92. The van der Waals surface area contributed by atoms with E-state index in [4.69, 9.17) is 5.11 Å². The lowest BCUT2D eigenvalue weighted by Gasteiger charge is -2.25. The van der Waals surface area contributed by atoms with E-state index in [9.17, 15) is 9.59 Å². The Hall–Kier alpha value is -1.85. The van der Waals surface area contributed by atoms with E-state index in [0.29, 0.717) is 5.69 Å². The number of carbonyl (C=O) groups excluding carboxylic acids is 1. The van der Waals surface area contributed by atoms with Gasteiger partial charge in [-0.25, -0.2) is 0 Å². The molecule has 19 heavy (non-hydrogen) atoms. The van der Waals surface area contributed by atoms with Crippen LogP contribution in [0.3, 0.4) is 0 Å². The number of nitrogens with one attached hydrogen (secondary N) is 1. The number of aliphatic carboxylic acids is 1. The topological polar surface area (TPSA) is 86.3 Å². The number of hydrogen-bond acceptors (Lipinski definition) is 3. The molecule has 0 unspecified atom stereocenters. The standard InChI is InChI=1S/C13H21N3O3/c1-8(2)10-7-11(15-14-10)13(19)16(9(3)4)6-5-12(17)18/h7-9H,5-6H2,1-4H3,(H,14,15)(H,17,18). The number of hydrogen-bond donors (Lipinski definition) is 2. The molecule has 0 aliphatic rings. The van der Waals surface area contributed by atoms with Crippen molar-refractivity contribution in [2.24, 2.45) is 0 Å². The van der Waals surface area contributed by atoms with Crippen LogP contribution in [0.4, 0.5) is 0 Å². The van der Waals surface area contributed by atoms with Gasteiger partial charge in [0.1, 0.15) is 5.69 Å². The van der Waals surface area contributed by atoms with Crippen LogP contribution < -0.4 is 0 Å². The van der Waals surface area contributed by atoms with Crippen molar-refractivity contribution >= 4 is 11.9 Å². The van der Waals surface area contributed by atoms with Gasteiger partial charge in [0.15, 0.2) is 0 Å². The summed E-state index contributed by atoms with van der Waals surface area (Å²) in [5.74, 6) is -0.886. The van der Waals surface area contributed by atoms with Crippen molar-refractivity contribution in [1.82, 2.24) is 15.1 Å². The van der Waals surface area contributed by atoms with Gasteiger partial charge in [0.25, 0.3) is 5.91 Å². The molecule has 106 valence electrons. The van der Waals surface area contributed by atoms with Gasteiger partial charge in [-0.1, -0.05) is 13.8 Å². The Morgan fingerprint density at radius 3 is 2.42 bits per heavy atom. The molecule has 6 heteroatoms. The average Bonchev–Trinajstić information content (AvgIpc) is 2.77. The molecular formula is C13H21N3O3. The van der Waals surface area contributed by atoms with Gasteiger partial charge in [-0.15, -0.1) is 0 Å². The number of amides is 1. The van der Waals surface area contributed by atoms with Crippen LogP contribution in [0.5, 0.6) is 0 Å². The Balaban J connectivity index is 2.83. The van der Waals surface area contributed by atoms with Crippen molar-refractivity contribution in [3.8, 4) is 0 Å². The van der Waals surface area contributed by atoms with Crippen LogP contribution in [0.15, 0.2) is 6.07 Å². The summed E-state index contributed by atoms with van der Waals surface area (Å²) >= 11 is 0. The molecule has 2 N–H and O–H groups in total. The predicted octanol–water partition coefficient (Wildman–Crippen LogP) is 1.86. The minimum absolute atomic E-state index is 0.0638. The molecule has 0 aromatic carbocycles. The zero-order valence-electron chi connectivity index (χ0n) is 11.8. The summed E-state index contributed by atoms with van der Waals surface area (Å²) < 4.78 is 0. The molecule has 1 rings (SSSR count). The van der Waals surface area contributed by atoms with E-state index in [0.717, 1.165) is 5.69 Å². The molecule has 1 amide bonds. The maximum Gasteiger partial charge on any atom is 0.305 e. The monoisotopic (exact) mass is 267 g/mol. The molecular weight excluding hydrogens is 246 g/mol. The smallest absolute Gasteiger partial charge is 0.305 e. The molecule has 0 saturated heterocycles. The number of carbonyl (C=O) groups is 2. The second kappa shape index (κ2) is 6.36. The number of H-pyrrole nitrogens is 1. The Morgan fingerprint density at radius 1 is 1.37 bits per heavy atom. The highest BCUT2D eigenvalue weighted by Gasteiger charge is 2.22. The number of aromatic amines is 1. The number of aromatic nitrogens is 2. The number of rotatable bonds is 6. The highest BCUT2D eigenvalue weighted by Crippen LogP contribution is 2.14. The lowest BCUT2D eigenvalue weighted by Crippen LogP contribution is -2.38. The lowest BCUT2D eigenvalue weighted by molar-refractivity contribution is -0.137. The normalized spacial score (nSPS) is 11.1. The number of carboxylic acid groups (broad SMARTS) is 1. The summed E-state index contributed by atoms with van der Waals surface area (Å²) in [5, 5.41) is 15.5. The lowest BCUT2D eigenvalue weighted by atomic mass is 10.1. The van der Waals surface area contributed by atoms with Crippen LogP contribution in [0.1, 0.15) is 56.2 Å². The molecule has 1 aromatic heterocycles. The third-order valence-corrected chi connectivity index (χ3v) is 2.89. The van der Waals surface area contributed by atoms with E-state index >= 15 is 0 Å². The maximum atomic E-state index is 12.3. The molecule has 0 aliphatic heterocycles. The SMILES string of the molecule is CC(C)c1cc(C(=O)N(CCC(=O)O)C(C)C)n[nH]1. The fourth-order valence-corrected chi connectivity index (χ4v) is 1.70. The highest BCUT2D eigenvalue weighted by atomic mass is 16.4. The average molecular weight is 267 g/mol. The third-order valence-electron chi connectivity index (χ3n) is 2.89. The van der Waals surface area contributed by atoms with Crippen molar-refractivity contribution in [2.75, 3.05) is 6.54 Å². The van der Waals surface area contributed by atoms with Gasteiger partial charge in [-0.05, 0) is 25.8 Å². The summed E-state index contributed by atoms with van der Waals surface area (Å²) in [7, 11) is 0. The molecule has 0 spiro atoms. The van der Waals surface area contributed by atoms with Gasteiger partial charge in [0.2, 0.25) is 0 Å². The first-order valence-corrected chi connectivity index (χ1v) is 6.41. The van der Waals surface area contributed by atoms with Crippen LogP contribution >= 0.6 is 0 Å². The third kappa shape index (κ3) is 4.08. The van der Waals surface area contributed by atoms with Gasteiger partial charge < -0.3 is 10.0 Å². The van der Waals surface area contributed by atoms with Crippen LogP contribution in [0.25, 0.3) is 0 Å². The van der Waals surface area contributed by atoms with Gasteiger partial charge in [0.05, 0.1) is 6.42 Å². The first-order chi connectivity index (χ1) is 8.82. The van der Waals surface area contributed by atoms with Crippen molar-refractivity contribution in [3.63, 3.8) is 0 Å². The molecule has 0 radical (unpaired) electrons. The molecule has 0 saturated carbocycles. The Kier molecular flexibility index (Phi) is 5.09. The molecule has 1 heterocycles. The molecule has 0 aliphatic carbocycles. The van der Waals surface area contributed by atoms with Gasteiger partial charge in [-0.2, -0.15) is 5.10 Å². The number of carboxylic acids is 1. The second-order valence-electron chi connectivity index (χ2n) is 5.10. The zero-order chi connectivity index (χ0) is 14.6. The Bertz CT molecular complexity index is 452. The summed E-state index contributed by atoms with van der Waals surface area (Å²) in [6.07, 6.45) is -0.0641. The maximum absolute atomic E-state index is 12.3. The van der Waals surface area contributed by atoms with Crippen LogP contribution in [0.2, 0.25) is 0 Å². The number of nitrogens with zero attached hydrogens (tertiary/aromatic N) is 2. The molecule has 0 bridgehead atoms. The Labute approximate surface area is 112 Å². The molecule has 1 aromatic rings. The zero-order valence-corrected chi connectivity index (χ0v) is 11.8. The Morgan fingerprint density at radius 2 is 2.00 bits per heavy atom. The summed E-state index contributed by atoms with van der Waals surface area (Å²) in [6, 6.07) is 1.66. The molecule has 0 fully saturated rings. The second-order valence-corrected chi connectivity index (χ2v) is 5.10. The summed E-state index contributed by atoms with van der Waals surface area (Å²) in [6.45, 7) is 7.92. The van der Waals surface area contributed by atoms with E-state index in [1.54, 1.807) is 6.07 Å². The first kappa shape index (κ1) is 15.2. The summed E-state index contributed by atoms with van der Waals surface area (Å²) in [4.78, 5) is 24.4. The van der Waals surface area contributed by atoms with E-state index in [2.05, 4.69) is 10.2 Å². The molecule has 6 nitrogen and oxygen atoms in total. The van der Waals surface area contributed by atoms with Crippen molar-refractivity contribution in [2.45, 2.75) is 46.1 Å². The predicted molar refractivity (Wildman–Crippen MR) is 71.1 cm³/mol. The van der Waals surface area contributed by atoms with Crippen molar-refractivity contribution < 1.29 is 14.7 Å². The van der Waals surface area contributed by atoms with Crippen LogP contribution in [-0.2, 0) is 4.79 Å². The fraction of sp³-hybridized carbons (Fsp3) is 0.615. The minimum atomic E-state index is -0.914. The van der Waals surface area contributed by atoms with E-state index in [-0.39, 0.29) is 30.8 Å². The van der Waals surface area contributed by atoms with E-state index in [1.807, 2.05) is 27.7 Å². The largest absolute Gasteiger partial charge is 0.481 e. The van der Waals surface area contributed by atoms with Gasteiger partial charge in [0, 0.05) is 18.3 Å². The first-order valence-electron chi connectivity index (χ1n) is 6.41. The quantitative estimate of drug-likeness (QED) is 0.823. The van der Waals surface area contributed by atoms with Crippen molar-refractivity contribution in [1.29, 1.82) is 0 Å². The summed E-state index contributed by atoms with van der Waals surface area (Å²) in [5.41, 5.74) is 1.23. The van der Waals surface area contributed by atoms with Crippen LogP contribution in [-0.4, -0.2) is 44.7 Å². The van der Waals surface area contributed by atoms with Gasteiger partial charge >= 0.3 is 5.97 Å². The minimum Gasteiger partial charge on any atom is -0.481 e. The van der Waals surface area contributed by atoms with E-state index < -0.39 is 5.97 Å².